The van der Waals surface area contributed by atoms with Gasteiger partial charge in [-0.05, 0) is 122 Å². The van der Waals surface area contributed by atoms with E-state index < -0.39 is 0 Å². The minimum absolute atomic E-state index is 0.317. The second-order valence-corrected chi connectivity index (χ2v) is 11.8. The lowest BCUT2D eigenvalue weighted by atomic mass is 9.43. The van der Waals surface area contributed by atoms with Crippen molar-refractivity contribution in [3.63, 3.8) is 0 Å². The number of pyridine rings is 1. The minimum Gasteiger partial charge on any atom is -0.390 e. The average molecular weight is 392 g/mol. The Bertz CT molecular complexity index is 828. The Labute approximate surface area is 176 Å². The summed E-state index contributed by atoms with van der Waals surface area (Å²) < 4.78 is 0. The van der Waals surface area contributed by atoms with Crippen molar-refractivity contribution in [2.45, 2.75) is 83.7 Å². The molecule has 1 heterocycles. The van der Waals surface area contributed by atoms with Gasteiger partial charge in [-0.2, -0.15) is 0 Å². The normalized spacial score (nSPS) is 49.0. The Balaban J connectivity index is 1.27. The summed E-state index contributed by atoms with van der Waals surface area (Å²) in [6.45, 7) is 5.18. The van der Waals surface area contributed by atoms with E-state index in [-0.39, 0.29) is 5.60 Å². The number of rotatable bonds is 2. The van der Waals surface area contributed by atoms with Gasteiger partial charge in [0.1, 0.15) is 0 Å². The smallest absolute Gasteiger partial charge is 0.0678 e. The summed E-state index contributed by atoms with van der Waals surface area (Å²) in [7, 11) is 0. The van der Waals surface area contributed by atoms with Crippen LogP contribution in [0.4, 0.5) is 0 Å². The van der Waals surface area contributed by atoms with Crippen LogP contribution in [0.1, 0.15) is 83.6 Å². The summed E-state index contributed by atoms with van der Waals surface area (Å²) in [6.07, 6.45) is 19.2. The van der Waals surface area contributed by atoms with Gasteiger partial charge in [-0.25, -0.2) is 0 Å². The van der Waals surface area contributed by atoms with Gasteiger partial charge < -0.3 is 5.11 Å². The fraction of sp³-hybridized carbons (Fsp3) is 0.741. The summed E-state index contributed by atoms with van der Waals surface area (Å²) >= 11 is 0. The Morgan fingerprint density at radius 1 is 0.966 bits per heavy atom. The van der Waals surface area contributed by atoms with Crippen LogP contribution in [0.3, 0.4) is 0 Å². The van der Waals surface area contributed by atoms with E-state index in [4.69, 9.17) is 0 Å². The van der Waals surface area contributed by atoms with E-state index in [9.17, 15) is 5.11 Å². The van der Waals surface area contributed by atoms with Crippen LogP contribution >= 0.6 is 0 Å². The van der Waals surface area contributed by atoms with E-state index in [2.05, 4.69) is 43.2 Å². The van der Waals surface area contributed by atoms with Gasteiger partial charge in [-0.1, -0.05) is 26.0 Å². The van der Waals surface area contributed by atoms with Gasteiger partial charge in [0.2, 0.25) is 0 Å². The molecule has 2 heteroatoms. The van der Waals surface area contributed by atoms with Crippen molar-refractivity contribution in [2.24, 2.45) is 40.4 Å². The quantitative estimate of drug-likeness (QED) is 0.645. The van der Waals surface area contributed by atoms with Crippen LogP contribution in [0.2, 0.25) is 0 Å². The molecule has 2 nitrogen and oxygen atoms in total. The van der Waals surface area contributed by atoms with Crippen LogP contribution in [0.5, 0.6) is 0 Å². The summed E-state index contributed by atoms with van der Waals surface area (Å²) in [5.74, 6) is 3.91. The molecule has 0 aliphatic heterocycles. The van der Waals surface area contributed by atoms with E-state index in [1.165, 1.54) is 56.9 Å². The first-order chi connectivity index (χ1) is 13.9. The van der Waals surface area contributed by atoms with Crippen molar-refractivity contribution in [3.8, 4) is 0 Å². The molecule has 4 unspecified atom stereocenters. The molecule has 6 rings (SSSR count). The first-order valence-corrected chi connectivity index (χ1v) is 12.3. The summed E-state index contributed by atoms with van der Waals surface area (Å²) in [4.78, 5) is 4.41. The predicted octanol–water partition coefficient (Wildman–Crippen LogP) is 6.26. The molecule has 0 aromatic carbocycles. The maximum Gasteiger partial charge on any atom is 0.0678 e. The third-order valence-electron chi connectivity index (χ3n) is 10.7. The number of aliphatic hydroxyl groups is 1. The van der Waals surface area contributed by atoms with Crippen molar-refractivity contribution >= 4 is 5.57 Å². The zero-order valence-electron chi connectivity index (χ0n) is 18.2. The van der Waals surface area contributed by atoms with Crippen molar-refractivity contribution in [2.75, 3.05) is 0 Å². The molecular formula is C27H37NO. The van der Waals surface area contributed by atoms with Gasteiger partial charge >= 0.3 is 0 Å². The molecule has 5 aliphatic carbocycles. The number of allylic oxidation sites excluding steroid dienone is 2. The van der Waals surface area contributed by atoms with Crippen LogP contribution in [-0.2, 0) is 0 Å². The Morgan fingerprint density at radius 2 is 1.79 bits per heavy atom. The Morgan fingerprint density at radius 3 is 2.55 bits per heavy atom. The molecule has 1 aromatic rings. The Kier molecular flexibility index (Phi) is 3.97. The van der Waals surface area contributed by atoms with Gasteiger partial charge in [-0.3, -0.25) is 4.98 Å². The molecule has 156 valence electrons. The number of fused-ring (bicyclic) bond motifs is 5. The van der Waals surface area contributed by atoms with Crippen LogP contribution in [0.15, 0.2) is 30.6 Å². The molecule has 0 saturated heterocycles. The van der Waals surface area contributed by atoms with E-state index in [0.29, 0.717) is 16.7 Å². The lowest BCUT2D eigenvalue weighted by molar-refractivity contribution is -0.149. The largest absolute Gasteiger partial charge is 0.390 e. The maximum atomic E-state index is 11.3. The molecular weight excluding hydrogens is 354 g/mol. The molecule has 0 bridgehead atoms. The molecule has 1 N–H and O–H groups in total. The third-order valence-corrected chi connectivity index (χ3v) is 10.7. The van der Waals surface area contributed by atoms with Gasteiger partial charge in [-0.15, -0.1) is 0 Å². The second kappa shape index (κ2) is 6.19. The van der Waals surface area contributed by atoms with Crippen molar-refractivity contribution in [1.82, 2.24) is 4.98 Å². The lowest BCUT2D eigenvalue weighted by Crippen LogP contribution is -2.56. The van der Waals surface area contributed by atoms with Crippen molar-refractivity contribution in [1.29, 1.82) is 0 Å². The molecule has 4 saturated carbocycles. The highest BCUT2D eigenvalue weighted by molar-refractivity contribution is 5.72. The standard InChI is InChI=1S/C27H37NO/c1-25-13-14-27(29,19-5-6-19)16-20(25)7-8-21-23-10-9-22(18-4-3-15-28-17-18)26(23,2)12-11-24(21)25/h3-4,9,15,17,19-21,23-24,29H,5-8,10-14,16H2,1-2H3/t20?,21?,23?,24?,25-,26+,27-/m0/s1. The van der Waals surface area contributed by atoms with E-state index in [0.717, 1.165) is 36.5 Å². The van der Waals surface area contributed by atoms with Crippen molar-refractivity contribution < 1.29 is 5.11 Å². The SMILES string of the molecule is C[C@]12CC[C@@](O)(C3CC3)CC1CCC1C2CC[C@]2(C)C(c3cccnc3)=CCC12. The number of aromatic nitrogens is 1. The highest BCUT2D eigenvalue weighted by Crippen LogP contribution is 2.68. The Hall–Kier alpha value is -1.15. The topological polar surface area (TPSA) is 33.1 Å². The minimum atomic E-state index is -0.317. The first kappa shape index (κ1) is 18.6. The zero-order chi connectivity index (χ0) is 19.9. The van der Waals surface area contributed by atoms with Crippen LogP contribution < -0.4 is 0 Å². The molecule has 29 heavy (non-hydrogen) atoms. The van der Waals surface area contributed by atoms with Gasteiger partial charge in [0.25, 0.3) is 0 Å². The summed E-state index contributed by atoms with van der Waals surface area (Å²) in [5, 5.41) is 11.3. The number of hydrogen-bond donors (Lipinski definition) is 1. The van der Waals surface area contributed by atoms with E-state index in [1.807, 2.05) is 6.20 Å². The average Bonchev–Trinajstić information content (AvgIpc) is 3.52. The number of nitrogens with zero attached hydrogens (tertiary/aromatic N) is 1. The van der Waals surface area contributed by atoms with Gasteiger partial charge in [0.05, 0.1) is 5.60 Å². The van der Waals surface area contributed by atoms with Gasteiger partial charge in [0.15, 0.2) is 0 Å². The van der Waals surface area contributed by atoms with Gasteiger partial charge in [0, 0.05) is 12.4 Å². The predicted molar refractivity (Wildman–Crippen MR) is 117 cm³/mol. The van der Waals surface area contributed by atoms with Crippen LogP contribution in [0, 0.1) is 40.4 Å². The highest BCUT2D eigenvalue weighted by atomic mass is 16.3. The maximum absolute atomic E-state index is 11.3. The second-order valence-electron chi connectivity index (χ2n) is 11.8. The van der Waals surface area contributed by atoms with Crippen molar-refractivity contribution in [3.05, 3.63) is 36.2 Å². The van der Waals surface area contributed by atoms with Crippen LogP contribution in [-0.4, -0.2) is 15.7 Å². The monoisotopic (exact) mass is 391 g/mol. The molecule has 1 aromatic heterocycles. The van der Waals surface area contributed by atoms with E-state index in [1.54, 1.807) is 5.57 Å². The highest BCUT2D eigenvalue weighted by Gasteiger charge is 2.61. The zero-order valence-corrected chi connectivity index (χ0v) is 18.2. The summed E-state index contributed by atoms with van der Waals surface area (Å²) in [5.41, 5.74) is 3.40. The lowest BCUT2D eigenvalue weighted by Gasteiger charge is -2.62. The third kappa shape index (κ3) is 2.60. The molecule has 7 atom stereocenters. The number of hydrogen-bond acceptors (Lipinski definition) is 2. The first-order valence-electron chi connectivity index (χ1n) is 12.3. The molecule has 0 amide bonds. The fourth-order valence-electron chi connectivity index (χ4n) is 8.80. The summed E-state index contributed by atoms with van der Waals surface area (Å²) in [6, 6.07) is 4.35. The van der Waals surface area contributed by atoms with E-state index >= 15 is 0 Å². The molecule has 5 aliphatic rings. The molecule has 4 fully saturated rings. The molecule has 0 spiro atoms. The molecule has 0 radical (unpaired) electrons. The fourth-order valence-corrected chi connectivity index (χ4v) is 8.80. The van der Waals surface area contributed by atoms with Crippen LogP contribution in [0.25, 0.3) is 5.57 Å².